The number of ether oxygens (including phenoxy) is 1. The molecule has 5 heteroatoms. The van der Waals surface area contributed by atoms with E-state index in [0.717, 1.165) is 18.5 Å². The summed E-state index contributed by atoms with van der Waals surface area (Å²) in [7, 11) is 0. The van der Waals surface area contributed by atoms with Crippen molar-refractivity contribution < 1.29 is 4.74 Å². The van der Waals surface area contributed by atoms with E-state index in [4.69, 9.17) is 15.6 Å². The third-order valence-corrected chi connectivity index (χ3v) is 3.61. The minimum absolute atomic E-state index is 0.0667. The van der Waals surface area contributed by atoms with Crippen molar-refractivity contribution in [2.24, 2.45) is 5.84 Å². The topological polar surface area (TPSA) is 73.1 Å². The van der Waals surface area contributed by atoms with Crippen LogP contribution in [0.1, 0.15) is 65.9 Å². The van der Waals surface area contributed by atoms with E-state index in [1.807, 2.05) is 13.0 Å². The molecule has 1 aromatic rings. The van der Waals surface area contributed by atoms with Crippen molar-refractivity contribution in [3.63, 3.8) is 0 Å². The molecule has 114 valence electrons. The van der Waals surface area contributed by atoms with Gasteiger partial charge in [0.05, 0.1) is 5.69 Å². The molecule has 5 nitrogen and oxygen atoms in total. The van der Waals surface area contributed by atoms with Gasteiger partial charge in [0.15, 0.2) is 5.82 Å². The average Bonchev–Trinajstić information content (AvgIpc) is 2.43. The first-order chi connectivity index (χ1) is 9.32. The maximum atomic E-state index is 5.99. The Bertz CT molecular complexity index is 436. The Kier molecular flexibility index (Phi) is 5.48. The van der Waals surface area contributed by atoms with Crippen LogP contribution in [0.5, 0.6) is 0 Å². The summed E-state index contributed by atoms with van der Waals surface area (Å²) in [5, 5.41) is 0. The predicted molar refractivity (Wildman–Crippen MR) is 82.4 cm³/mol. The van der Waals surface area contributed by atoms with Gasteiger partial charge in [-0.25, -0.2) is 15.8 Å². The lowest BCUT2D eigenvalue weighted by atomic mass is 9.90. The lowest BCUT2D eigenvalue weighted by molar-refractivity contribution is -0.0572. The van der Waals surface area contributed by atoms with Crippen LogP contribution in [0.2, 0.25) is 0 Å². The molecule has 0 saturated carbocycles. The van der Waals surface area contributed by atoms with E-state index in [-0.39, 0.29) is 5.41 Å². The van der Waals surface area contributed by atoms with E-state index < -0.39 is 5.60 Å². The summed E-state index contributed by atoms with van der Waals surface area (Å²) >= 11 is 0. The molecule has 0 unspecified atom stereocenters. The third-order valence-electron chi connectivity index (χ3n) is 3.61. The van der Waals surface area contributed by atoms with Gasteiger partial charge in [-0.3, -0.25) is 0 Å². The summed E-state index contributed by atoms with van der Waals surface area (Å²) in [6, 6.07) is 1.89. The molecule has 0 aromatic carbocycles. The van der Waals surface area contributed by atoms with Gasteiger partial charge in [0.2, 0.25) is 0 Å². The fourth-order valence-electron chi connectivity index (χ4n) is 2.22. The molecular formula is C15H28N4O. The zero-order valence-corrected chi connectivity index (χ0v) is 13.6. The van der Waals surface area contributed by atoms with Crippen LogP contribution < -0.4 is 11.3 Å². The number of anilines is 1. The SMILES string of the molecule is CCOC(CC)(CC)c1nc(NN)cc(C(C)(C)C)n1. The Balaban J connectivity index is 3.41. The molecule has 0 saturated heterocycles. The van der Waals surface area contributed by atoms with Crippen LogP contribution in [0, 0.1) is 0 Å². The van der Waals surface area contributed by atoms with Gasteiger partial charge in [-0.15, -0.1) is 0 Å². The lowest BCUT2D eigenvalue weighted by Crippen LogP contribution is -2.32. The Morgan fingerprint density at radius 2 is 1.75 bits per heavy atom. The maximum absolute atomic E-state index is 5.99. The largest absolute Gasteiger partial charge is 0.367 e. The Hall–Kier alpha value is -1.20. The second kappa shape index (κ2) is 6.50. The Labute approximate surface area is 122 Å². The first-order valence-corrected chi connectivity index (χ1v) is 7.33. The monoisotopic (exact) mass is 280 g/mol. The molecule has 1 heterocycles. The molecule has 0 fully saturated rings. The number of hydrogen-bond donors (Lipinski definition) is 2. The standard InChI is InChI=1S/C15H28N4O/c1-7-15(8-2,20-9-3)13-17-11(14(4,5)6)10-12(18-13)19-16/h10H,7-9,16H2,1-6H3,(H,17,18,19). The van der Waals surface area contributed by atoms with Crippen molar-refractivity contribution >= 4 is 5.82 Å². The van der Waals surface area contributed by atoms with Gasteiger partial charge >= 0.3 is 0 Å². The number of nitrogens with two attached hydrogens (primary N) is 1. The van der Waals surface area contributed by atoms with Crippen LogP contribution in [-0.2, 0) is 15.8 Å². The van der Waals surface area contributed by atoms with Crippen molar-refractivity contribution in [1.82, 2.24) is 9.97 Å². The predicted octanol–water partition coefficient (Wildman–Crippen LogP) is 3.11. The normalized spacial score (nSPS) is 12.6. The van der Waals surface area contributed by atoms with E-state index >= 15 is 0 Å². The number of hydrogen-bond acceptors (Lipinski definition) is 5. The van der Waals surface area contributed by atoms with Gasteiger partial charge < -0.3 is 10.2 Å². The number of rotatable bonds is 6. The highest BCUT2D eigenvalue weighted by atomic mass is 16.5. The van der Waals surface area contributed by atoms with Crippen LogP contribution in [0.4, 0.5) is 5.82 Å². The number of hydrazine groups is 1. The van der Waals surface area contributed by atoms with Gasteiger partial charge in [-0.2, -0.15) is 0 Å². The van der Waals surface area contributed by atoms with Gasteiger partial charge in [-0.05, 0) is 19.8 Å². The van der Waals surface area contributed by atoms with Crippen LogP contribution in [0.15, 0.2) is 6.07 Å². The summed E-state index contributed by atoms with van der Waals surface area (Å²) in [6.07, 6.45) is 1.66. The summed E-state index contributed by atoms with van der Waals surface area (Å²) in [4.78, 5) is 9.28. The molecule has 0 spiro atoms. The quantitative estimate of drug-likeness (QED) is 0.618. The van der Waals surface area contributed by atoms with Crippen LogP contribution in [-0.4, -0.2) is 16.6 Å². The summed E-state index contributed by atoms with van der Waals surface area (Å²) < 4.78 is 5.99. The highest BCUT2D eigenvalue weighted by Gasteiger charge is 2.34. The molecule has 0 atom stereocenters. The van der Waals surface area contributed by atoms with Crippen molar-refractivity contribution in [2.45, 2.75) is 65.4 Å². The molecule has 0 aliphatic carbocycles. The van der Waals surface area contributed by atoms with Crippen molar-refractivity contribution in [3.05, 3.63) is 17.6 Å². The van der Waals surface area contributed by atoms with Gasteiger partial charge in [0, 0.05) is 18.1 Å². The molecule has 0 bridgehead atoms. The fourth-order valence-corrected chi connectivity index (χ4v) is 2.22. The average molecular weight is 280 g/mol. The second-order valence-corrected chi connectivity index (χ2v) is 5.99. The van der Waals surface area contributed by atoms with E-state index in [9.17, 15) is 0 Å². The minimum atomic E-state index is -0.443. The lowest BCUT2D eigenvalue weighted by Gasteiger charge is -2.31. The first-order valence-electron chi connectivity index (χ1n) is 7.33. The fraction of sp³-hybridized carbons (Fsp3) is 0.733. The summed E-state index contributed by atoms with van der Waals surface area (Å²) in [5.74, 6) is 6.89. The zero-order chi connectivity index (χ0) is 15.4. The van der Waals surface area contributed by atoms with Crippen LogP contribution in [0.25, 0.3) is 0 Å². The van der Waals surface area contributed by atoms with Crippen LogP contribution >= 0.6 is 0 Å². The molecule has 0 aliphatic rings. The van der Waals surface area contributed by atoms with E-state index in [1.165, 1.54) is 0 Å². The van der Waals surface area contributed by atoms with Crippen molar-refractivity contribution in [1.29, 1.82) is 0 Å². The zero-order valence-electron chi connectivity index (χ0n) is 13.6. The molecule has 1 aromatic heterocycles. The number of nitrogens with one attached hydrogen (secondary N) is 1. The molecule has 0 amide bonds. The van der Waals surface area contributed by atoms with E-state index in [2.05, 4.69) is 45.0 Å². The van der Waals surface area contributed by atoms with Gasteiger partial charge in [0.25, 0.3) is 0 Å². The molecule has 0 aliphatic heterocycles. The van der Waals surface area contributed by atoms with Gasteiger partial charge in [-0.1, -0.05) is 34.6 Å². The minimum Gasteiger partial charge on any atom is -0.367 e. The van der Waals surface area contributed by atoms with E-state index in [0.29, 0.717) is 18.2 Å². The molecular weight excluding hydrogens is 252 g/mol. The number of nitrogen functional groups attached to an aromatic ring is 1. The highest BCUT2D eigenvalue weighted by molar-refractivity contribution is 5.37. The van der Waals surface area contributed by atoms with Gasteiger partial charge in [0.1, 0.15) is 11.4 Å². The highest BCUT2D eigenvalue weighted by Crippen LogP contribution is 2.33. The molecule has 3 N–H and O–H groups in total. The second-order valence-electron chi connectivity index (χ2n) is 5.99. The summed E-state index contributed by atoms with van der Waals surface area (Å²) in [6.45, 7) is 13.2. The van der Waals surface area contributed by atoms with E-state index in [1.54, 1.807) is 0 Å². The Morgan fingerprint density at radius 3 is 2.15 bits per heavy atom. The Morgan fingerprint density at radius 1 is 1.15 bits per heavy atom. The van der Waals surface area contributed by atoms with Crippen molar-refractivity contribution in [3.8, 4) is 0 Å². The number of nitrogens with zero attached hydrogens (tertiary/aromatic N) is 2. The maximum Gasteiger partial charge on any atom is 0.162 e. The molecule has 0 radical (unpaired) electrons. The third kappa shape index (κ3) is 3.46. The summed E-state index contributed by atoms with van der Waals surface area (Å²) in [5.41, 5.74) is 3.09. The molecule has 20 heavy (non-hydrogen) atoms. The smallest absolute Gasteiger partial charge is 0.162 e. The van der Waals surface area contributed by atoms with Crippen LogP contribution in [0.3, 0.4) is 0 Å². The molecule has 1 rings (SSSR count). The first kappa shape index (κ1) is 16.9. The van der Waals surface area contributed by atoms with Crippen molar-refractivity contribution in [2.75, 3.05) is 12.0 Å². The number of aromatic nitrogens is 2.